The summed E-state index contributed by atoms with van der Waals surface area (Å²) in [6, 6.07) is -1.17. The summed E-state index contributed by atoms with van der Waals surface area (Å²) >= 11 is 6.12. The van der Waals surface area contributed by atoms with Crippen molar-refractivity contribution in [1.29, 1.82) is 0 Å². The van der Waals surface area contributed by atoms with Gasteiger partial charge < -0.3 is 24.6 Å². The molecule has 1 aromatic rings. The SMILES string of the molecule is CN1CN(C(=O)OC(C)(C)C)C(C2(O)CC3CC(c4ncn(C)c4C(=O)NC4CCC(F)C(Cl)C4)CC3C2)C1=O. The number of amides is 3. The van der Waals surface area contributed by atoms with Gasteiger partial charge in [0.25, 0.3) is 5.91 Å². The van der Waals surface area contributed by atoms with Crippen molar-refractivity contribution < 1.29 is 28.6 Å². The standard InChI is InChI=1S/C28H41ClFN5O5/c1-27(2,3)40-26(38)35-14-34(5)25(37)23(35)28(39)11-16-8-15(9-17(16)12-28)21-22(33(4)13-31-21)24(36)32-18-6-7-20(30)19(29)10-18/h13,15-20,23,39H,6-12,14H2,1-5H3,(H,32,36). The highest BCUT2D eigenvalue weighted by atomic mass is 35.5. The summed E-state index contributed by atoms with van der Waals surface area (Å²) in [7, 11) is 3.41. The number of hydrogen-bond donors (Lipinski definition) is 2. The van der Waals surface area contributed by atoms with E-state index in [-0.39, 0.29) is 42.3 Å². The third-order valence-corrected chi connectivity index (χ3v) is 9.54. The van der Waals surface area contributed by atoms with Gasteiger partial charge in [-0.05, 0) is 77.6 Å². The number of halogens is 2. The second-order valence-corrected chi connectivity index (χ2v) is 13.9. The minimum atomic E-state index is -1.35. The molecule has 10 nitrogen and oxygen atoms in total. The van der Waals surface area contributed by atoms with Crippen LogP contribution in [-0.4, -0.2) is 90.9 Å². The van der Waals surface area contributed by atoms with Crippen molar-refractivity contribution in [2.75, 3.05) is 13.7 Å². The first-order chi connectivity index (χ1) is 18.7. The molecule has 40 heavy (non-hydrogen) atoms. The predicted octanol–water partition coefficient (Wildman–Crippen LogP) is 3.32. The highest BCUT2D eigenvalue weighted by Crippen LogP contribution is 2.56. The van der Waals surface area contributed by atoms with Gasteiger partial charge in [0.05, 0.1) is 29.7 Å². The zero-order valence-corrected chi connectivity index (χ0v) is 24.7. The van der Waals surface area contributed by atoms with E-state index in [2.05, 4.69) is 10.3 Å². The molecule has 1 aliphatic heterocycles. The lowest BCUT2D eigenvalue weighted by Gasteiger charge is -2.35. The van der Waals surface area contributed by atoms with Crippen molar-refractivity contribution in [3.8, 4) is 0 Å². The van der Waals surface area contributed by atoms with Crippen molar-refractivity contribution in [2.45, 2.75) is 106 Å². The molecule has 12 heteroatoms. The number of carbonyl (C=O) groups is 3. The van der Waals surface area contributed by atoms with Gasteiger partial charge in [-0.25, -0.2) is 14.2 Å². The molecule has 1 saturated heterocycles. The Balaban J connectivity index is 1.27. The summed E-state index contributed by atoms with van der Waals surface area (Å²) in [4.78, 5) is 46.8. The smallest absolute Gasteiger partial charge is 0.412 e. The average molecular weight is 582 g/mol. The molecule has 4 aliphatic rings. The largest absolute Gasteiger partial charge is 0.444 e. The van der Waals surface area contributed by atoms with Crippen molar-refractivity contribution in [2.24, 2.45) is 18.9 Å². The number of aromatic nitrogens is 2. The van der Waals surface area contributed by atoms with Crippen LogP contribution in [0, 0.1) is 11.8 Å². The number of aryl methyl sites for hydroxylation is 1. The van der Waals surface area contributed by atoms with Crippen LogP contribution in [0.15, 0.2) is 6.33 Å². The van der Waals surface area contributed by atoms with Crippen LogP contribution in [0.25, 0.3) is 0 Å². The highest BCUT2D eigenvalue weighted by Gasteiger charge is 2.60. The van der Waals surface area contributed by atoms with Crippen LogP contribution < -0.4 is 5.32 Å². The number of fused-ring (bicyclic) bond motifs is 1. The van der Waals surface area contributed by atoms with E-state index < -0.39 is 34.9 Å². The zero-order valence-electron chi connectivity index (χ0n) is 23.9. The minimum absolute atomic E-state index is 0.0350. The summed E-state index contributed by atoms with van der Waals surface area (Å²) in [6.07, 6.45) is 3.48. The highest BCUT2D eigenvalue weighted by molar-refractivity contribution is 6.21. The van der Waals surface area contributed by atoms with E-state index in [0.717, 1.165) is 18.5 Å². The molecule has 4 fully saturated rings. The van der Waals surface area contributed by atoms with Crippen LogP contribution in [0.3, 0.4) is 0 Å². The first-order valence-electron chi connectivity index (χ1n) is 14.2. The lowest BCUT2D eigenvalue weighted by atomic mass is 9.86. The number of likely N-dealkylation sites (N-methyl/N-ethyl adjacent to an activating group) is 1. The first-order valence-corrected chi connectivity index (χ1v) is 14.7. The van der Waals surface area contributed by atoms with E-state index >= 15 is 0 Å². The molecule has 0 radical (unpaired) electrons. The van der Waals surface area contributed by atoms with Gasteiger partial charge in [0.1, 0.15) is 23.5 Å². The van der Waals surface area contributed by atoms with Crippen LogP contribution in [-0.2, 0) is 16.6 Å². The Morgan fingerprint density at radius 1 is 1.18 bits per heavy atom. The van der Waals surface area contributed by atoms with Gasteiger partial charge in [0, 0.05) is 26.1 Å². The fourth-order valence-corrected chi connectivity index (χ4v) is 7.70. The lowest BCUT2D eigenvalue weighted by Crippen LogP contribution is -2.54. The number of nitrogens with zero attached hydrogens (tertiary/aromatic N) is 4. The molecule has 0 aromatic carbocycles. The van der Waals surface area contributed by atoms with Gasteiger partial charge in [0.15, 0.2) is 0 Å². The van der Waals surface area contributed by atoms with Crippen LogP contribution in [0.2, 0.25) is 0 Å². The van der Waals surface area contributed by atoms with Gasteiger partial charge in [-0.2, -0.15) is 0 Å². The van der Waals surface area contributed by atoms with Gasteiger partial charge in [-0.1, -0.05) is 0 Å². The predicted molar refractivity (Wildman–Crippen MR) is 145 cm³/mol. The topological polar surface area (TPSA) is 117 Å². The summed E-state index contributed by atoms with van der Waals surface area (Å²) < 4.78 is 21.1. The van der Waals surface area contributed by atoms with Gasteiger partial charge in [0.2, 0.25) is 5.91 Å². The van der Waals surface area contributed by atoms with Crippen LogP contribution in [0.1, 0.15) is 87.8 Å². The first kappa shape index (κ1) is 29.1. The Bertz CT molecular complexity index is 1160. The summed E-state index contributed by atoms with van der Waals surface area (Å²) in [5, 5.41) is 14.2. The van der Waals surface area contributed by atoms with Gasteiger partial charge in [-0.15, -0.1) is 11.6 Å². The maximum Gasteiger partial charge on any atom is 0.412 e. The fraction of sp³-hybridized carbons (Fsp3) is 0.786. The van der Waals surface area contributed by atoms with E-state index in [4.69, 9.17) is 16.3 Å². The van der Waals surface area contributed by atoms with Gasteiger partial charge >= 0.3 is 6.09 Å². The minimum Gasteiger partial charge on any atom is -0.444 e. The number of ether oxygens (including phenoxy) is 1. The van der Waals surface area contributed by atoms with Crippen molar-refractivity contribution >= 4 is 29.5 Å². The Hall–Kier alpha value is -2.40. The third-order valence-electron chi connectivity index (χ3n) is 9.09. The lowest BCUT2D eigenvalue weighted by molar-refractivity contribution is -0.135. The van der Waals surface area contributed by atoms with Crippen LogP contribution in [0.5, 0.6) is 0 Å². The molecule has 3 aliphatic carbocycles. The van der Waals surface area contributed by atoms with Gasteiger partial charge in [-0.3, -0.25) is 14.5 Å². The number of rotatable bonds is 4. The van der Waals surface area contributed by atoms with E-state index in [1.807, 2.05) is 0 Å². The van der Waals surface area contributed by atoms with Crippen LogP contribution >= 0.6 is 11.6 Å². The molecule has 5 rings (SSSR count). The Labute approximate surface area is 239 Å². The molecule has 2 heterocycles. The molecule has 2 N–H and O–H groups in total. The maximum atomic E-state index is 13.8. The van der Waals surface area contributed by atoms with Crippen molar-refractivity contribution in [3.05, 3.63) is 17.7 Å². The second kappa shape index (κ2) is 10.5. The Morgan fingerprint density at radius 3 is 2.42 bits per heavy atom. The molecular formula is C28H41ClFN5O5. The number of hydrogen-bond acceptors (Lipinski definition) is 6. The quantitative estimate of drug-likeness (QED) is 0.527. The summed E-state index contributed by atoms with van der Waals surface area (Å²) in [6.45, 7) is 5.38. The Morgan fingerprint density at radius 2 is 1.82 bits per heavy atom. The van der Waals surface area contributed by atoms with E-state index in [9.17, 15) is 23.9 Å². The second-order valence-electron chi connectivity index (χ2n) is 13.3. The Kier molecular flexibility index (Phi) is 7.61. The molecular weight excluding hydrogens is 541 g/mol. The number of imidazole rings is 1. The third kappa shape index (κ3) is 5.43. The molecule has 0 spiro atoms. The average Bonchev–Trinajstić information content (AvgIpc) is 3.56. The normalized spacial score (nSPS) is 36.2. The summed E-state index contributed by atoms with van der Waals surface area (Å²) in [5.41, 5.74) is -0.848. The van der Waals surface area contributed by atoms with E-state index in [1.54, 1.807) is 45.8 Å². The monoisotopic (exact) mass is 581 g/mol. The molecule has 6 atom stereocenters. The maximum absolute atomic E-state index is 13.8. The van der Waals surface area contributed by atoms with Crippen molar-refractivity contribution in [3.63, 3.8) is 0 Å². The fourth-order valence-electron chi connectivity index (χ4n) is 7.36. The van der Waals surface area contributed by atoms with E-state index in [1.165, 1.54) is 9.80 Å². The molecule has 6 unspecified atom stereocenters. The molecule has 222 valence electrons. The molecule has 0 bridgehead atoms. The van der Waals surface area contributed by atoms with Crippen molar-refractivity contribution in [1.82, 2.24) is 24.7 Å². The zero-order chi connectivity index (χ0) is 29.1. The number of alkyl halides is 2. The number of carbonyl (C=O) groups excluding carboxylic acids is 3. The molecule has 3 amide bonds. The van der Waals surface area contributed by atoms with Crippen LogP contribution in [0.4, 0.5) is 9.18 Å². The molecule has 3 saturated carbocycles. The number of aliphatic hydroxyl groups is 1. The molecule has 1 aromatic heterocycles. The van der Waals surface area contributed by atoms with E-state index in [0.29, 0.717) is 37.8 Å². The summed E-state index contributed by atoms with van der Waals surface area (Å²) in [5.74, 6) is -0.225. The number of nitrogens with one attached hydrogen (secondary N) is 1.